The standard InChI is InChI=1S/C27H29NO2S/c1-19-10-13-24(14-11-19)31(29,30)28-18-22(4)26(23-8-6-5-7-9-23)17-27(28)25-15-12-20(2)16-21(25)3/h5-16,27H,17-18H2,1-4H3/t27-/m0/s1. The fourth-order valence-corrected chi connectivity index (χ4v) is 6.11. The van der Waals surface area contributed by atoms with Crippen LogP contribution in [0.2, 0.25) is 0 Å². The third-order valence-corrected chi connectivity index (χ3v) is 8.06. The maximum atomic E-state index is 13.8. The summed E-state index contributed by atoms with van der Waals surface area (Å²) in [6, 6.07) is 23.5. The zero-order valence-electron chi connectivity index (χ0n) is 18.6. The molecule has 1 heterocycles. The van der Waals surface area contributed by atoms with E-state index in [4.69, 9.17) is 0 Å². The highest BCUT2D eigenvalue weighted by Crippen LogP contribution is 2.42. The van der Waals surface area contributed by atoms with Crippen LogP contribution in [0.1, 0.15) is 47.2 Å². The monoisotopic (exact) mass is 431 g/mol. The summed E-state index contributed by atoms with van der Waals surface area (Å²) in [5, 5.41) is 0. The summed E-state index contributed by atoms with van der Waals surface area (Å²) in [5.41, 5.74) is 7.93. The van der Waals surface area contributed by atoms with Crippen molar-refractivity contribution in [1.82, 2.24) is 4.31 Å². The number of sulfonamides is 1. The molecule has 0 saturated carbocycles. The Balaban J connectivity index is 1.85. The Morgan fingerprint density at radius 1 is 0.806 bits per heavy atom. The molecule has 3 nitrogen and oxygen atoms in total. The molecule has 0 amide bonds. The minimum absolute atomic E-state index is 0.245. The van der Waals surface area contributed by atoms with Crippen LogP contribution in [0, 0.1) is 20.8 Å². The molecule has 1 aliphatic rings. The summed E-state index contributed by atoms with van der Waals surface area (Å²) in [5.74, 6) is 0. The van der Waals surface area contributed by atoms with Crippen LogP contribution in [-0.4, -0.2) is 19.3 Å². The molecule has 0 aliphatic carbocycles. The van der Waals surface area contributed by atoms with E-state index in [9.17, 15) is 8.42 Å². The van der Waals surface area contributed by atoms with Crippen LogP contribution in [-0.2, 0) is 10.0 Å². The zero-order chi connectivity index (χ0) is 22.2. The van der Waals surface area contributed by atoms with E-state index in [2.05, 4.69) is 51.1 Å². The SMILES string of the molecule is CC1=C(c2ccccc2)C[C@@H](c2ccc(C)cc2C)N(S(=O)(=O)c2ccc(C)cc2)C1. The topological polar surface area (TPSA) is 37.4 Å². The first-order chi connectivity index (χ1) is 14.8. The lowest BCUT2D eigenvalue weighted by Crippen LogP contribution is -2.39. The fourth-order valence-electron chi connectivity index (χ4n) is 4.48. The predicted octanol–water partition coefficient (Wildman–Crippen LogP) is 6.22. The van der Waals surface area contributed by atoms with Gasteiger partial charge in [0.15, 0.2) is 0 Å². The summed E-state index contributed by atoms with van der Waals surface area (Å²) >= 11 is 0. The molecule has 0 aromatic heterocycles. The van der Waals surface area contributed by atoms with Crippen molar-refractivity contribution < 1.29 is 8.42 Å². The van der Waals surface area contributed by atoms with Crippen LogP contribution in [0.4, 0.5) is 0 Å². The lowest BCUT2D eigenvalue weighted by atomic mass is 9.86. The Kier molecular flexibility index (Phi) is 5.87. The minimum atomic E-state index is -3.64. The van der Waals surface area contributed by atoms with Gasteiger partial charge in [-0.15, -0.1) is 0 Å². The number of hydrogen-bond donors (Lipinski definition) is 0. The van der Waals surface area contributed by atoms with Crippen molar-refractivity contribution in [2.24, 2.45) is 0 Å². The number of rotatable bonds is 4. The molecule has 31 heavy (non-hydrogen) atoms. The first-order valence-corrected chi connectivity index (χ1v) is 12.1. The van der Waals surface area contributed by atoms with Crippen LogP contribution in [0.25, 0.3) is 5.57 Å². The Morgan fingerprint density at radius 3 is 2.10 bits per heavy atom. The average molecular weight is 432 g/mol. The Bertz CT molecular complexity index is 1230. The van der Waals surface area contributed by atoms with Crippen LogP contribution >= 0.6 is 0 Å². The molecule has 0 radical (unpaired) electrons. The summed E-state index contributed by atoms with van der Waals surface area (Å²) in [6.07, 6.45) is 0.658. The molecule has 160 valence electrons. The van der Waals surface area contributed by atoms with Crippen LogP contribution in [0.5, 0.6) is 0 Å². The maximum absolute atomic E-state index is 13.8. The molecule has 1 aliphatic heterocycles. The summed E-state index contributed by atoms with van der Waals surface area (Å²) < 4.78 is 29.2. The van der Waals surface area contributed by atoms with E-state index < -0.39 is 10.0 Å². The van der Waals surface area contributed by atoms with Gasteiger partial charge in [-0.1, -0.05) is 77.4 Å². The summed E-state index contributed by atoms with van der Waals surface area (Å²) in [6.45, 7) is 8.55. The lowest BCUT2D eigenvalue weighted by molar-refractivity contribution is 0.335. The van der Waals surface area contributed by atoms with Gasteiger partial charge in [-0.2, -0.15) is 4.31 Å². The van der Waals surface area contributed by atoms with E-state index in [0.717, 1.165) is 22.3 Å². The van der Waals surface area contributed by atoms with Gasteiger partial charge in [-0.3, -0.25) is 0 Å². The van der Waals surface area contributed by atoms with E-state index in [-0.39, 0.29) is 6.04 Å². The summed E-state index contributed by atoms with van der Waals surface area (Å²) in [7, 11) is -3.64. The van der Waals surface area contributed by atoms with Crippen molar-refractivity contribution >= 4 is 15.6 Å². The molecule has 0 spiro atoms. The zero-order valence-corrected chi connectivity index (χ0v) is 19.4. The molecule has 0 N–H and O–H groups in total. The quantitative estimate of drug-likeness (QED) is 0.492. The van der Waals surface area contributed by atoms with E-state index in [0.29, 0.717) is 17.9 Å². The van der Waals surface area contributed by atoms with E-state index in [1.165, 1.54) is 16.7 Å². The highest BCUT2D eigenvalue weighted by atomic mass is 32.2. The highest BCUT2D eigenvalue weighted by molar-refractivity contribution is 7.89. The predicted molar refractivity (Wildman–Crippen MR) is 127 cm³/mol. The van der Waals surface area contributed by atoms with E-state index >= 15 is 0 Å². The van der Waals surface area contributed by atoms with Gasteiger partial charge in [0.25, 0.3) is 0 Å². The molecule has 3 aromatic rings. The Morgan fingerprint density at radius 2 is 1.45 bits per heavy atom. The highest BCUT2D eigenvalue weighted by Gasteiger charge is 2.37. The molecule has 0 saturated heterocycles. The van der Waals surface area contributed by atoms with Crippen LogP contribution in [0.3, 0.4) is 0 Å². The van der Waals surface area contributed by atoms with Crippen molar-refractivity contribution in [1.29, 1.82) is 0 Å². The van der Waals surface area contributed by atoms with Crippen molar-refractivity contribution in [3.05, 3.63) is 106 Å². The third-order valence-electron chi connectivity index (χ3n) is 6.19. The van der Waals surface area contributed by atoms with Gasteiger partial charge in [0.05, 0.1) is 10.9 Å². The van der Waals surface area contributed by atoms with Crippen LogP contribution < -0.4 is 0 Å². The van der Waals surface area contributed by atoms with Crippen molar-refractivity contribution in [3.63, 3.8) is 0 Å². The molecular formula is C27H29NO2S. The molecule has 4 heteroatoms. The molecule has 1 atom stereocenters. The van der Waals surface area contributed by atoms with Gasteiger partial charge < -0.3 is 0 Å². The molecule has 0 bridgehead atoms. The fraction of sp³-hybridized carbons (Fsp3) is 0.259. The van der Waals surface area contributed by atoms with Gasteiger partial charge in [-0.05, 0) is 68.5 Å². The Hall–Kier alpha value is -2.69. The number of hydrogen-bond acceptors (Lipinski definition) is 2. The van der Waals surface area contributed by atoms with Crippen molar-refractivity contribution in [3.8, 4) is 0 Å². The number of aryl methyl sites for hydroxylation is 3. The van der Waals surface area contributed by atoms with Gasteiger partial charge in [0.2, 0.25) is 10.0 Å². The lowest BCUT2D eigenvalue weighted by Gasteiger charge is -2.38. The van der Waals surface area contributed by atoms with E-state index in [1.54, 1.807) is 16.4 Å². The molecule has 3 aromatic carbocycles. The average Bonchev–Trinajstić information content (AvgIpc) is 2.75. The molecular weight excluding hydrogens is 402 g/mol. The van der Waals surface area contributed by atoms with Gasteiger partial charge in [-0.25, -0.2) is 8.42 Å². The van der Waals surface area contributed by atoms with Crippen molar-refractivity contribution in [2.75, 3.05) is 6.54 Å². The second kappa shape index (κ2) is 8.45. The van der Waals surface area contributed by atoms with Crippen molar-refractivity contribution in [2.45, 2.75) is 45.1 Å². The smallest absolute Gasteiger partial charge is 0.207 e. The normalized spacial score (nSPS) is 17.7. The molecule has 0 fully saturated rings. The number of benzene rings is 3. The molecule has 0 unspecified atom stereocenters. The third kappa shape index (κ3) is 4.23. The van der Waals surface area contributed by atoms with Crippen LogP contribution in [0.15, 0.2) is 83.3 Å². The van der Waals surface area contributed by atoms with E-state index in [1.807, 2.05) is 37.3 Å². The first-order valence-electron chi connectivity index (χ1n) is 10.7. The second-order valence-corrected chi connectivity index (χ2v) is 10.5. The first kappa shape index (κ1) is 21.5. The van der Waals surface area contributed by atoms with Gasteiger partial charge in [0, 0.05) is 6.54 Å². The number of nitrogens with zero attached hydrogens (tertiary/aromatic N) is 1. The molecule has 4 rings (SSSR count). The largest absolute Gasteiger partial charge is 0.243 e. The summed E-state index contributed by atoms with van der Waals surface area (Å²) in [4.78, 5) is 0.351. The van der Waals surface area contributed by atoms with Gasteiger partial charge >= 0.3 is 0 Å². The maximum Gasteiger partial charge on any atom is 0.243 e. The Labute approximate surface area is 186 Å². The minimum Gasteiger partial charge on any atom is -0.207 e. The second-order valence-electron chi connectivity index (χ2n) is 8.57. The van der Waals surface area contributed by atoms with Gasteiger partial charge in [0.1, 0.15) is 0 Å².